The smallest absolute Gasteiger partial charge is 0.0587 e. The molecule has 1 atom stereocenters. The summed E-state index contributed by atoms with van der Waals surface area (Å²) in [7, 11) is 1.72. The molecule has 1 heterocycles. The van der Waals surface area contributed by atoms with Gasteiger partial charge in [0.1, 0.15) is 0 Å². The van der Waals surface area contributed by atoms with Crippen molar-refractivity contribution in [2.24, 2.45) is 5.92 Å². The predicted octanol–water partition coefficient (Wildman–Crippen LogP) is 3.31. The van der Waals surface area contributed by atoms with Crippen molar-refractivity contribution in [2.45, 2.75) is 26.3 Å². The highest BCUT2D eigenvalue weighted by molar-refractivity contribution is 6.30. The molecule has 0 amide bonds. The highest BCUT2D eigenvalue weighted by atomic mass is 35.5. The van der Waals surface area contributed by atoms with Crippen molar-refractivity contribution in [3.8, 4) is 0 Å². The molecule has 1 fully saturated rings. The summed E-state index contributed by atoms with van der Waals surface area (Å²) in [6.07, 6.45) is 2.57. The summed E-state index contributed by atoms with van der Waals surface area (Å²) in [5, 5.41) is 4.22. The van der Waals surface area contributed by atoms with Gasteiger partial charge in [0.05, 0.1) is 6.61 Å². The molecule has 2 rings (SSSR count). The van der Waals surface area contributed by atoms with E-state index in [1.807, 2.05) is 6.07 Å². The van der Waals surface area contributed by atoms with Gasteiger partial charge in [0.15, 0.2) is 0 Å². The minimum Gasteiger partial charge on any atom is -0.383 e. The third-order valence-corrected chi connectivity index (χ3v) is 4.28. The number of hydrogen-bond acceptors (Lipinski definition) is 3. The third kappa shape index (κ3) is 4.11. The van der Waals surface area contributed by atoms with E-state index in [1.54, 1.807) is 7.11 Å². The van der Waals surface area contributed by atoms with E-state index in [-0.39, 0.29) is 0 Å². The van der Waals surface area contributed by atoms with Crippen LogP contribution in [0, 0.1) is 5.92 Å². The quantitative estimate of drug-likeness (QED) is 0.781. The van der Waals surface area contributed by atoms with Gasteiger partial charge < -0.3 is 15.0 Å². The fourth-order valence-corrected chi connectivity index (χ4v) is 2.98. The summed E-state index contributed by atoms with van der Waals surface area (Å²) in [5.41, 5.74) is 2.61. The van der Waals surface area contributed by atoms with Gasteiger partial charge in [-0.1, -0.05) is 24.9 Å². The first kappa shape index (κ1) is 15.6. The lowest BCUT2D eigenvalue weighted by atomic mass is 10.1. The fourth-order valence-electron chi connectivity index (χ4n) is 2.79. The van der Waals surface area contributed by atoms with Gasteiger partial charge in [-0.05, 0) is 36.1 Å². The molecule has 1 aromatic rings. The SMILES string of the molecule is CCC1CCN(c2ccc(Cl)cc2CNCCOC)C1. The maximum atomic E-state index is 6.15. The molecule has 1 aliphatic rings. The first-order chi connectivity index (χ1) is 9.74. The summed E-state index contributed by atoms with van der Waals surface area (Å²) >= 11 is 6.15. The van der Waals surface area contributed by atoms with E-state index >= 15 is 0 Å². The lowest BCUT2D eigenvalue weighted by Crippen LogP contribution is -2.24. The summed E-state index contributed by atoms with van der Waals surface area (Å²) in [5.74, 6) is 0.833. The van der Waals surface area contributed by atoms with Crippen LogP contribution in [0.4, 0.5) is 5.69 Å². The van der Waals surface area contributed by atoms with E-state index in [0.29, 0.717) is 0 Å². The average Bonchev–Trinajstić information content (AvgIpc) is 2.92. The average molecular weight is 297 g/mol. The van der Waals surface area contributed by atoms with Crippen LogP contribution in [-0.2, 0) is 11.3 Å². The van der Waals surface area contributed by atoms with Crippen LogP contribution in [0.5, 0.6) is 0 Å². The molecule has 1 N–H and O–H groups in total. The number of nitrogens with zero attached hydrogens (tertiary/aromatic N) is 1. The van der Waals surface area contributed by atoms with Crippen molar-refractivity contribution >= 4 is 17.3 Å². The molecule has 3 nitrogen and oxygen atoms in total. The van der Waals surface area contributed by atoms with Gasteiger partial charge in [-0.2, -0.15) is 0 Å². The molecule has 0 aromatic heterocycles. The van der Waals surface area contributed by atoms with Gasteiger partial charge in [-0.25, -0.2) is 0 Å². The van der Waals surface area contributed by atoms with Crippen molar-refractivity contribution in [3.05, 3.63) is 28.8 Å². The number of halogens is 1. The molecule has 0 radical (unpaired) electrons. The molecule has 0 saturated carbocycles. The van der Waals surface area contributed by atoms with Gasteiger partial charge >= 0.3 is 0 Å². The lowest BCUT2D eigenvalue weighted by molar-refractivity contribution is 0.199. The molecule has 1 saturated heterocycles. The Kier molecular flexibility index (Phi) is 6.14. The van der Waals surface area contributed by atoms with Crippen LogP contribution in [-0.4, -0.2) is 33.4 Å². The fraction of sp³-hybridized carbons (Fsp3) is 0.625. The predicted molar refractivity (Wildman–Crippen MR) is 85.6 cm³/mol. The number of ether oxygens (including phenoxy) is 1. The Bertz CT molecular complexity index is 425. The second-order valence-corrected chi connectivity index (χ2v) is 5.89. The number of methoxy groups -OCH3 is 1. The maximum Gasteiger partial charge on any atom is 0.0587 e. The molecule has 20 heavy (non-hydrogen) atoms. The summed E-state index contributed by atoms with van der Waals surface area (Å²) < 4.78 is 5.06. The van der Waals surface area contributed by atoms with Crippen molar-refractivity contribution in [2.75, 3.05) is 38.3 Å². The van der Waals surface area contributed by atoms with E-state index in [9.17, 15) is 0 Å². The van der Waals surface area contributed by atoms with Crippen LogP contribution >= 0.6 is 11.6 Å². The molecule has 0 spiro atoms. The molecule has 0 aliphatic carbocycles. The van der Waals surface area contributed by atoms with Gasteiger partial charge in [0.2, 0.25) is 0 Å². The van der Waals surface area contributed by atoms with Crippen LogP contribution in [0.25, 0.3) is 0 Å². The summed E-state index contributed by atoms with van der Waals surface area (Å²) in [6.45, 7) is 7.04. The highest BCUT2D eigenvalue weighted by Crippen LogP contribution is 2.30. The zero-order chi connectivity index (χ0) is 14.4. The number of hydrogen-bond donors (Lipinski definition) is 1. The molecular formula is C16H25ClN2O. The second-order valence-electron chi connectivity index (χ2n) is 5.45. The van der Waals surface area contributed by atoms with Gasteiger partial charge in [-0.3, -0.25) is 0 Å². The largest absolute Gasteiger partial charge is 0.383 e. The summed E-state index contributed by atoms with van der Waals surface area (Å²) in [6, 6.07) is 6.23. The van der Waals surface area contributed by atoms with E-state index in [0.717, 1.165) is 37.2 Å². The number of nitrogens with one attached hydrogen (secondary N) is 1. The third-order valence-electron chi connectivity index (χ3n) is 4.04. The van der Waals surface area contributed by atoms with Crippen molar-refractivity contribution in [3.63, 3.8) is 0 Å². The van der Waals surface area contributed by atoms with E-state index < -0.39 is 0 Å². The van der Waals surface area contributed by atoms with Gasteiger partial charge in [-0.15, -0.1) is 0 Å². The molecule has 112 valence electrons. The van der Waals surface area contributed by atoms with Crippen molar-refractivity contribution < 1.29 is 4.74 Å². The standard InChI is InChI=1S/C16H25ClN2O/c1-3-13-6-8-19(12-13)16-5-4-15(17)10-14(16)11-18-7-9-20-2/h4-5,10,13,18H,3,6-9,11-12H2,1-2H3. The number of anilines is 1. The molecule has 1 aliphatic heterocycles. The van der Waals surface area contributed by atoms with E-state index in [2.05, 4.69) is 29.3 Å². The lowest BCUT2D eigenvalue weighted by Gasteiger charge is -2.22. The topological polar surface area (TPSA) is 24.5 Å². The molecule has 1 aromatic carbocycles. The Hall–Kier alpha value is -0.770. The Morgan fingerprint density at radius 2 is 2.30 bits per heavy atom. The van der Waals surface area contributed by atoms with Crippen LogP contribution in [0.15, 0.2) is 18.2 Å². The van der Waals surface area contributed by atoms with Crippen LogP contribution in [0.3, 0.4) is 0 Å². The zero-order valence-corrected chi connectivity index (χ0v) is 13.2. The van der Waals surface area contributed by atoms with E-state index in [1.165, 1.54) is 30.6 Å². The van der Waals surface area contributed by atoms with Gasteiger partial charge in [0, 0.05) is 44.0 Å². The van der Waals surface area contributed by atoms with Crippen molar-refractivity contribution in [1.29, 1.82) is 0 Å². The summed E-state index contributed by atoms with van der Waals surface area (Å²) in [4.78, 5) is 2.50. The zero-order valence-electron chi connectivity index (χ0n) is 12.5. The normalized spacial score (nSPS) is 18.8. The Balaban J connectivity index is 2.03. The monoisotopic (exact) mass is 296 g/mol. The molecule has 4 heteroatoms. The number of benzene rings is 1. The Morgan fingerprint density at radius 1 is 1.45 bits per heavy atom. The van der Waals surface area contributed by atoms with Gasteiger partial charge in [0.25, 0.3) is 0 Å². The van der Waals surface area contributed by atoms with Crippen molar-refractivity contribution in [1.82, 2.24) is 5.32 Å². The van der Waals surface area contributed by atoms with Crippen LogP contribution in [0.1, 0.15) is 25.3 Å². The number of rotatable bonds is 7. The first-order valence-corrected chi connectivity index (χ1v) is 7.85. The Labute approximate surface area is 127 Å². The maximum absolute atomic E-state index is 6.15. The first-order valence-electron chi connectivity index (χ1n) is 7.47. The van der Waals surface area contributed by atoms with Crippen LogP contribution < -0.4 is 10.2 Å². The minimum absolute atomic E-state index is 0.734. The molecule has 1 unspecified atom stereocenters. The van der Waals surface area contributed by atoms with Crippen LogP contribution in [0.2, 0.25) is 5.02 Å². The molecule has 0 bridgehead atoms. The highest BCUT2D eigenvalue weighted by Gasteiger charge is 2.22. The molecular weight excluding hydrogens is 272 g/mol. The van der Waals surface area contributed by atoms with E-state index in [4.69, 9.17) is 16.3 Å². The second kappa shape index (κ2) is 7.87. The minimum atomic E-state index is 0.734. The Morgan fingerprint density at radius 3 is 3.00 bits per heavy atom.